The molecule has 1 amide bonds. The number of aryl methyl sites for hydroxylation is 1. The van der Waals surface area contributed by atoms with Gasteiger partial charge in [0.1, 0.15) is 12.0 Å². The highest BCUT2D eigenvalue weighted by Crippen LogP contribution is 2.38. The van der Waals surface area contributed by atoms with Crippen LogP contribution in [0, 0.1) is 11.7 Å². The maximum atomic E-state index is 15.9. The molecule has 3 aromatic heterocycles. The summed E-state index contributed by atoms with van der Waals surface area (Å²) in [7, 11) is 1.82. The van der Waals surface area contributed by atoms with Gasteiger partial charge in [-0.3, -0.25) is 19.3 Å². The van der Waals surface area contributed by atoms with Gasteiger partial charge in [0.05, 0.1) is 63.8 Å². The first-order valence-electron chi connectivity index (χ1n) is 15.6. The number of halogens is 2. The quantitative estimate of drug-likeness (QED) is 0.220. The first-order chi connectivity index (χ1) is 23.3. The van der Waals surface area contributed by atoms with Gasteiger partial charge >= 0.3 is 0 Å². The molecule has 0 fully saturated rings. The monoisotopic (exact) mass is 663 g/mol. The Bertz CT molecular complexity index is 2090. The molecule has 2 bridgehead atoms. The number of rotatable bonds is 5. The van der Waals surface area contributed by atoms with Crippen molar-refractivity contribution in [2.45, 2.75) is 32.2 Å². The highest BCUT2D eigenvalue weighted by molar-refractivity contribution is 6.31. The molecule has 2 aliphatic heterocycles. The fourth-order valence-corrected chi connectivity index (χ4v) is 6.41. The predicted molar refractivity (Wildman–Crippen MR) is 181 cm³/mol. The smallest absolute Gasteiger partial charge is 0.227 e. The highest BCUT2D eigenvalue weighted by Gasteiger charge is 2.30. The third-order valence-electron chi connectivity index (χ3n) is 8.81. The Hall–Kier alpha value is -5.49. The minimum absolute atomic E-state index is 0.0485. The van der Waals surface area contributed by atoms with Gasteiger partial charge in [0.15, 0.2) is 5.82 Å². The number of amides is 1. The number of benzene rings is 2. The topological polar surface area (TPSA) is 123 Å². The van der Waals surface area contributed by atoms with Gasteiger partial charge in [-0.15, -0.1) is 5.10 Å². The van der Waals surface area contributed by atoms with E-state index in [0.29, 0.717) is 42.6 Å². The Labute approximate surface area is 280 Å². The summed E-state index contributed by atoms with van der Waals surface area (Å²) < 4.78 is 19.1. The van der Waals surface area contributed by atoms with Crippen LogP contribution in [0.4, 0.5) is 10.1 Å². The number of carbonyl (C=O) groups excluding carboxylic acids is 2. The van der Waals surface area contributed by atoms with Crippen LogP contribution in [0.5, 0.6) is 0 Å². The van der Waals surface area contributed by atoms with Gasteiger partial charge in [-0.25, -0.2) is 14.1 Å². The summed E-state index contributed by atoms with van der Waals surface area (Å²) in [6, 6.07) is 16.1. The van der Waals surface area contributed by atoms with Crippen LogP contribution in [0.2, 0.25) is 5.02 Å². The first-order valence-corrected chi connectivity index (χ1v) is 15.9. The van der Waals surface area contributed by atoms with Crippen LogP contribution in [-0.4, -0.2) is 59.7 Å². The Morgan fingerprint density at radius 1 is 1.08 bits per heavy atom. The minimum Gasteiger partial charge on any atom is -0.349 e. The van der Waals surface area contributed by atoms with Gasteiger partial charge in [-0.05, 0) is 37.1 Å². The molecule has 7 rings (SSSR count). The number of aliphatic imine (C=N–C) groups is 1. The van der Waals surface area contributed by atoms with Crippen LogP contribution < -0.4 is 5.32 Å². The molecule has 5 heterocycles. The molecule has 13 heteroatoms. The lowest BCUT2D eigenvalue weighted by atomic mass is 9.95. The van der Waals surface area contributed by atoms with E-state index in [2.05, 4.69) is 25.7 Å². The Morgan fingerprint density at radius 2 is 1.92 bits per heavy atom. The average Bonchev–Trinajstić information content (AvgIpc) is 3.74. The van der Waals surface area contributed by atoms with E-state index in [1.54, 1.807) is 35.7 Å². The second-order valence-electron chi connectivity index (χ2n) is 11.9. The average molecular weight is 664 g/mol. The summed E-state index contributed by atoms with van der Waals surface area (Å²) in [4.78, 5) is 37.1. The third kappa shape index (κ3) is 5.79. The molecule has 1 N–H and O–H groups in total. The van der Waals surface area contributed by atoms with Crippen molar-refractivity contribution in [1.29, 1.82) is 0 Å². The molecule has 2 aliphatic rings. The summed E-state index contributed by atoms with van der Waals surface area (Å²) in [5, 5.41) is 15.9. The summed E-state index contributed by atoms with van der Waals surface area (Å²) in [5.41, 5.74) is 5.26. The molecule has 242 valence electrons. The van der Waals surface area contributed by atoms with Crippen LogP contribution in [0.3, 0.4) is 0 Å². The number of carbonyl (C=O) groups is 2. The summed E-state index contributed by atoms with van der Waals surface area (Å²) in [5.74, 6) is -1.03. The number of hydrogen-bond donors (Lipinski definition) is 1. The maximum absolute atomic E-state index is 15.9. The lowest BCUT2D eigenvalue weighted by Gasteiger charge is -2.33. The molecule has 0 aliphatic carbocycles. The lowest BCUT2D eigenvalue weighted by molar-refractivity contribution is -0.119. The van der Waals surface area contributed by atoms with Crippen LogP contribution in [0.15, 0.2) is 83.8 Å². The van der Waals surface area contributed by atoms with Crippen molar-refractivity contribution in [1.82, 2.24) is 34.7 Å². The van der Waals surface area contributed by atoms with Crippen LogP contribution in [0.25, 0.3) is 33.9 Å². The van der Waals surface area contributed by atoms with E-state index in [1.165, 1.54) is 10.7 Å². The molecule has 0 saturated heterocycles. The van der Waals surface area contributed by atoms with Crippen molar-refractivity contribution in [2.24, 2.45) is 18.0 Å². The number of aldehydes is 1. The largest absolute Gasteiger partial charge is 0.349 e. The highest BCUT2D eigenvalue weighted by atomic mass is 35.5. The molecular formula is C35H31ClFN9O2. The van der Waals surface area contributed by atoms with E-state index in [-0.39, 0.29) is 46.3 Å². The zero-order valence-electron chi connectivity index (χ0n) is 26.2. The predicted octanol–water partition coefficient (Wildman–Crippen LogP) is 6.28. The van der Waals surface area contributed by atoms with E-state index < -0.39 is 5.82 Å². The SMILES string of the molecule is CC1CCCC(N2C=NC(c3c(-n4cc(-c5ccccc5)nn4)ccc(Cl)c3F)=C(C=O)C2)c2cc(ccn2)-c2c(cnn2C)NC1=O. The fraction of sp³-hybridized carbons (Fsp3) is 0.229. The molecule has 2 aromatic carbocycles. The van der Waals surface area contributed by atoms with Crippen LogP contribution >= 0.6 is 11.6 Å². The lowest BCUT2D eigenvalue weighted by Crippen LogP contribution is -2.33. The van der Waals surface area contributed by atoms with Gasteiger partial charge in [-0.1, -0.05) is 60.5 Å². The zero-order chi connectivity index (χ0) is 33.4. The number of nitrogens with one attached hydrogen (secondary N) is 1. The fourth-order valence-electron chi connectivity index (χ4n) is 6.25. The number of fused-ring (bicyclic) bond motifs is 4. The van der Waals surface area contributed by atoms with Crippen molar-refractivity contribution in [3.63, 3.8) is 0 Å². The standard InChI is InChI=1S/C35H31ClFN9O2/c1-21-7-6-10-29(26-15-23(13-14-38-26)34-27(41-35(21)48)16-40-44(34)2)45-17-24(19-47)33(39-20-45)31-30(12-11-25(36)32(31)37)46-18-28(42-43-46)22-8-4-3-5-9-22/h3-5,8-9,11-16,18-21,29H,6-7,10,17H2,1-2H3,(H,41,48). The van der Waals surface area contributed by atoms with E-state index in [1.807, 2.05) is 61.3 Å². The summed E-state index contributed by atoms with van der Waals surface area (Å²) in [6.45, 7) is 2.05. The third-order valence-corrected chi connectivity index (χ3v) is 9.10. The van der Waals surface area contributed by atoms with Crippen LogP contribution in [0.1, 0.15) is 43.5 Å². The van der Waals surface area contributed by atoms with E-state index >= 15 is 4.39 Å². The normalized spacial score (nSPS) is 18.2. The molecular weight excluding hydrogens is 633 g/mol. The molecule has 48 heavy (non-hydrogen) atoms. The Balaban J connectivity index is 1.27. The number of hydrogen-bond acceptors (Lipinski definition) is 8. The van der Waals surface area contributed by atoms with Gasteiger partial charge in [0.25, 0.3) is 0 Å². The number of nitrogens with zero attached hydrogens (tertiary/aromatic N) is 8. The molecule has 0 saturated carbocycles. The van der Waals surface area contributed by atoms with Crippen molar-refractivity contribution >= 4 is 41.5 Å². The van der Waals surface area contributed by atoms with Crippen molar-refractivity contribution in [3.05, 3.63) is 101 Å². The molecule has 5 aromatic rings. The van der Waals surface area contributed by atoms with E-state index in [4.69, 9.17) is 16.6 Å². The number of pyridine rings is 1. The van der Waals surface area contributed by atoms with Crippen molar-refractivity contribution in [2.75, 3.05) is 11.9 Å². The second kappa shape index (κ2) is 13.0. The van der Waals surface area contributed by atoms with Gasteiger partial charge in [0.2, 0.25) is 5.91 Å². The minimum atomic E-state index is -0.717. The van der Waals surface area contributed by atoms with Crippen molar-refractivity contribution < 1.29 is 14.0 Å². The van der Waals surface area contributed by atoms with Crippen LogP contribution in [-0.2, 0) is 16.6 Å². The molecule has 2 unspecified atom stereocenters. The number of anilines is 1. The second-order valence-corrected chi connectivity index (χ2v) is 12.3. The molecule has 11 nitrogen and oxygen atoms in total. The van der Waals surface area contributed by atoms with Gasteiger partial charge in [0, 0.05) is 42.4 Å². The Morgan fingerprint density at radius 3 is 2.73 bits per heavy atom. The maximum Gasteiger partial charge on any atom is 0.227 e. The Kier molecular flexibility index (Phi) is 8.40. The molecule has 2 atom stereocenters. The van der Waals surface area contributed by atoms with Gasteiger partial charge in [-0.2, -0.15) is 5.10 Å². The van der Waals surface area contributed by atoms with Gasteiger partial charge < -0.3 is 10.2 Å². The molecule has 0 spiro atoms. The molecule has 0 radical (unpaired) electrons. The summed E-state index contributed by atoms with van der Waals surface area (Å²) >= 11 is 6.28. The number of aromatic nitrogens is 6. The van der Waals surface area contributed by atoms with E-state index in [0.717, 1.165) is 22.5 Å². The first kappa shape index (κ1) is 31.1. The van der Waals surface area contributed by atoms with Crippen molar-refractivity contribution in [3.8, 4) is 28.2 Å². The zero-order valence-corrected chi connectivity index (χ0v) is 27.0. The van der Waals surface area contributed by atoms with E-state index in [9.17, 15) is 9.59 Å². The summed E-state index contributed by atoms with van der Waals surface area (Å²) in [6.07, 6.45) is 9.39.